The monoisotopic (exact) mass is 541 g/mol. The fourth-order valence-electron chi connectivity index (χ4n) is 5.33. The Bertz CT molecular complexity index is 1170. The van der Waals surface area contributed by atoms with Gasteiger partial charge in [0.15, 0.2) is 0 Å². The zero-order valence-electron chi connectivity index (χ0n) is 20.7. The topological polar surface area (TPSA) is 115 Å². The summed E-state index contributed by atoms with van der Waals surface area (Å²) < 4.78 is 73.0. The molecule has 1 aliphatic heterocycles. The van der Waals surface area contributed by atoms with Crippen molar-refractivity contribution >= 4 is 21.4 Å². The number of nitrogens with two attached hydrogens (primary N) is 2. The standard InChI is InChI=1S/C25H34F3N5O3S/c26-25(27,28)37(34,35)32-16-21(9-8-18-4-1-2-5-18)33(15-20-14-19(30)10-12-31-20)23-6-3-7-24(22(23)17-32)36-13-11-29/h3,6-7,10,12,14,18,21H,1-2,4-5,8-9,11,13,15-17,29H2,(H2,30,31)/t21-/m1/s1. The predicted molar refractivity (Wildman–Crippen MR) is 136 cm³/mol. The number of ether oxygens (including phenoxy) is 1. The molecule has 2 aromatic rings. The third kappa shape index (κ3) is 6.29. The molecule has 1 aliphatic carbocycles. The van der Waals surface area contributed by atoms with Crippen LogP contribution in [0.4, 0.5) is 24.5 Å². The molecule has 0 saturated heterocycles. The molecule has 1 aromatic heterocycles. The number of alkyl halides is 3. The minimum Gasteiger partial charge on any atom is -0.492 e. The molecule has 2 heterocycles. The molecule has 1 aromatic carbocycles. The van der Waals surface area contributed by atoms with E-state index in [1.54, 1.807) is 36.5 Å². The lowest BCUT2D eigenvalue weighted by atomic mass is 9.97. The highest BCUT2D eigenvalue weighted by atomic mass is 32.2. The maximum atomic E-state index is 13.8. The van der Waals surface area contributed by atoms with Crippen molar-refractivity contribution in [3.05, 3.63) is 47.8 Å². The number of fused-ring (bicyclic) bond motifs is 1. The van der Waals surface area contributed by atoms with Crippen molar-refractivity contribution in [3.63, 3.8) is 0 Å². The van der Waals surface area contributed by atoms with Crippen molar-refractivity contribution in [1.82, 2.24) is 9.29 Å². The van der Waals surface area contributed by atoms with E-state index in [0.717, 1.165) is 32.1 Å². The van der Waals surface area contributed by atoms with Crippen molar-refractivity contribution in [2.75, 3.05) is 30.3 Å². The van der Waals surface area contributed by atoms with Crippen LogP contribution >= 0.6 is 0 Å². The van der Waals surface area contributed by atoms with Crippen molar-refractivity contribution in [3.8, 4) is 5.75 Å². The Labute approximate surface area is 215 Å². The summed E-state index contributed by atoms with van der Waals surface area (Å²) in [6.45, 7) is -0.159. The lowest BCUT2D eigenvalue weighted by Gasteiger charge is -2.35. The smallest absolute Gasteiger partial charge is 0.492 e. The third-order valence-electron chi connectivity index (χ3n) is 7.17. The molecule has 0 amide bonds. The van der Waals surface area contributed by atoms with E-state index in [1.807, 2.05) is 4.90 Å². The highest BCUT2D eigenvalue weighted by Crippen LogP contribution is 2.40. The minimum atomic E-state index is -5.59. The van der Waals surface area contributed by atoms with Crippen LogP contribution in [0.5, 0.6) is 5.75 Å². The molecule has 1 saturated carbocycles. The first-order valence-corrected chi connectivity index (χ1v) is 14.0. The van der Waals surface area contributed by atoms with Gasteiger partial charge in [-0.15, -0.1) is 0 Å². The van der Waals surface area contributed by atoms with Gasteiger partial charge < -0.3 is 21.1 Å². The molecule has 1 fully saturated rings. The number of rotatable bonds is 9. The van der Waals surface area contributed by atoms with E-state index >= 15 is 0 Å². The zero-order valence-corrected chi connectivity index (χ0v) is 21.5. The Morgan fingerprint density at radius 3 is 2.57 bits per heavy atom. The summed E-state index contributed by atoms with van der Waals surface area (Å²) in [5, 5.41) is 0. The van der Waals surface area contributed by atoms with Gasteiger partial charge in [0, 0.05) is 48.8 Å². The first-order chi connectivity index (χ1) is 17.6. The second kappa shape index (κ2) is 11.4. The number of hydrogen-bond donors (Lipinski definition) is 2. The molecule has 8 nitrogen and oxygen atoms in total. The number of nitrogen functional groups attached to an aromatic ring is 1. The summed E-state index contributed by atoms with van der Waals surface area (Å²) in [7, 11) is -5.59. The highest BCUT2D eigenvalue weighted by Gasteiger charge is 2.51. The summed E-state index contributed by atoms with van der Waals surface area (Å²) in [4.78, 5) is 6.37. The SMILES string of the molecule is NCCOc1cccc2c1CN(S(=O)(=O)C(F)(F)F)C[C@@H](CCC1CCCC1)N2Cc1cc(N)ccn1. The number of hydrogen-bond acceptors (Lipinski definition) is 7. The number of sulfonamides is 1. The second-order valence-electron chi connectivity index (χ2n) is 9.72. The van der Waals surface area contributed by atoms with Crippen LogP contribution in [0.2, 0.25) is 0 Å². The summed E-state index contributed by atoms with van der Waals surface area (Å²) in [6, 6.07) is 8.05. The van der Waals surface area contributed by atoms with E-state index in [-0.39, 0.29) is 26.2 Å². The molecule has 0 bridgehead atoms. The molecule has 4 N–H and O–H groups in total. The van der Waals surface area contributed by atoms with Gasteiger partial charge in [-0.25, -0.2) is 8.42 Å². The summed E-state index contributed by atoms with van der Waals surface area (Å²) in [5.74, 6) is 0.800. The molecular formula is C25H34F3N5O3S. The van der Waals surface area contributed by atoms with Crippen molar-refractivity contribution < 1.29 is 26.3 Å². The van der Waals surface area contributed by atoms with Crippen LogP contribution in [0, 0.1) is 5.92 Å². The Kier molecular flexibility index (Phi) is 8.49. The van der Waals surface area contributed by atoms with Gasteiger partial charge in [0.25, 0.3) is 0 Å². The molecular weight excluding hydrogens is 507 g/mol. The van der Waals surface area contributed by atoms with Crippen molar-refractivity contribution in [2.45, 2.75) is 63.2 Å². The van der Waals surface area contributed by atoms with Gasteiger partial charge in [-0.2, -0.15) is 17.5 Å². The summed E-state index contributed by atoms with van der Waals surface area (Å²) >= 11 is 0. The van der Waals surface area contributed by atoms with Crippen LogP contribution in [-0.2, 0) is 23.1 Å². The fourth-order valence-corrected chi connectivity index (χ4v) is 6.29. The lowest BCUT2D eigenvalue weighted by Crippen LogP contribution is -2.47. The first kappa shape index (κ1) is 27.5. The molecule has 37 heavy (non-hydrogen) atoms. The van der Waals surface area contributed by atoms with Crippen LogP contribution in [0.3, 0.4) is 0 Å². The summed E-state index contributed by atoms with van der Waals surface area (Å²) in [6.07, 6.45) is 7.40. The van der Waals surface area contributed by atoms with Gasteiger partial charge >= 0.3 is 15.5 Å². The van der Waals surface area contributed by atoms with Crippen LogP contribution in [0.25, 0.3) is 0 Å². The Balaban J connectivity index is 1.80. The Hall–Kier alpha value is -2.57. The number of halogens is 3. The fraction of sp³-hybridized carbons (Fsp3) is 0.560. The Morgan fingerprint density at radius 1 is 1.14 bits per heavy atom. The molecule has 204 valence electrons. The second-order valence-corrected chi connectivity index (χ2v) is 11.7. The zero-order chi connectivity index (χ0) is 26.6. The van der Waals surface area contributed by atoms with E-state index in [1.165, 1.54) is 0 Å². The lowest BCUT2D eigenvalue weighted by molar-refractivity contribution is -0.0492. The third-order valence-corrected chi connectivity index (χ3v) is 8.71. The molecule has 0 radical (unpaired) electrons. The van der Waals surface area contributed by atoms with Gasteiger partial charge in [0.2, 0.25) is 0 Å². The van der Waals surface area contributed by atoms with Gasteiger partial charge in [-0.1, -0.05) is 31.7 Å². The molecule has 1 atom stereocenters. The maximum Gasteiger partial charge on any atom is 0.511 e. The molecule has 0 unspecified atom stereocenters. The van der Waals surface area contributed by atoms with E-state index in [4.69, 9.17) is 16.2 Å². The van der Waals surface area contributed by atoms with Gasteiger partial charge in [-0.3, -0.25) is 4.98 Å². The average molecular weight is 542 g/mol. The molecule has 12 heteroatoms. The highest BCUT2D eigenvalue weighted by molar-refractivity contribution is 7.89. The number of anilines is 2. The van der Waals surface area contributed by atoms with Crippen LogP contribution in [0.15, 0.2) is 36.5 Å². The van der Waals surface area contributed by atoms with Crippen LogP contribution < -0.4 is 21.1 Å². The minimum absolute atomic E-state index is 0.143. The van der Waals surface area contributed by atoms with Crippen LogP contribution in [-0.4, -0.2) is 49.0 Å². The average Bonchev–Trinajstić information content (AvgIpc) is 3.31. The van der Waals surface area contributed by atoms with Gasteiger partial charge in [-0.05, 0) is 43.0 Å². The van der Waals surface area contributed by atoms with Gasteiger partial charge in [0.1, 0.15) is 12.4 Å². The van der Waals surface area contributed by atoms with E-state index in [2.05, 4.69) is 4.98 Å². The summed E-state index contributed by atoms with van der Waals surface area (Å²) in [5.41, 5.74) is 8.29. The Morgan fingerprint density at radius 2 is 1.89 bits per heavy atom. The van der Waals surface area contributed by atoms with E-state index in [0.29, 0.717) is 45.0 Å². The predicted octanol–water partition coefficient (Wildman–Crippen LogP) is 4.01. The molecule has 2 aliphatic rings. The van der Waals surface area contributed by atoms with Crippen LogP contribution in [0.1, 0.15) is 49.8 Å². The number of benzene rings is 1. The largest absolute Gasteiger partial charge is 0.511 e. The maximum absolute atomic E-state index is 13.8. The van der Waals surface area contributed by atoms with E-state index < -0.39 is 28.1 Å². The van der Waals surface area contributed by atoms with E-state index in [9.17, 15) is 21.6 Å². The number of nitrogens with zero attached hydrogens (tertiary/aromatic N) is 3. The number of pyridine rings is 1. The molecule has 4 rings (SSSR count). The van der Waals surface area contributed by atoms with Crippen molar-refractivity contribution in [1.29, 1.82) is 0 Å². The first-order valence-electron chi connectivity index (χ1n) is 12.6. The normalized spacial score (nSPS) is 19.6. The van der Waals surface area contributed by atoms with Crippen molar-refractivity contribution in [2.24, 2.45) is 11.7 Å². The number of aromatic nitrogens is 1. The van der Waals surface area contributed by atoms with Gasteiger partial charge in [0.05, 0.1) is 12.2 Å². The quantitative estimate of drug-likeness (QED) is 0.493. The molecule has 0 spiro atoms.